The van der Waals surface area contributed by atoms with Gasteiger partial charge in [0, 0.05) is 35.7 Å². The normalized spacial score (nSPS) is 15.0. The number of piperidine rings is 1. The first-order chi connectivity index (χ1) is 12.1. The zero-order valence-electron chi connectivity index (χ0n) is 13.8. The summed E-state index contributed by atoms with van der Waals surface area (Å²) >= 11 is 3.28. The summed E-state index contributed by atoms with van der Waals surface area (Å²) < 4.78 is 5.88. The molecular weight excluding hydrogens is 388 g/mol. The summed E-state index contributed by atoms with van der Waals surface area (Å²) in [6.45, 7) is 1.38. The number of methoxy groups -OCH3 is 1. The van der Waals surface area contributed by atoms with E-state index in [0.717, 1.165) is 4.47 Å². The van der Waals surface area contributed by atoms with Crippen molar-refractivity contribution in [2.75, 3.05) is 30.4 Å². The van der Waals surface area contributed by atoms with E-state index in [1.165, 1.54) is 0 Å². The molecule has 7 nitrogen and oxygen atoms in total. The Bertz CT molecular complexity index is 763. The van der Waals surface area contributed by atoms with Crippen LogP contribution in [0.5, 0.6) is 11.6 Å². The third kappa shape index (κ3) is 4.19. The fraction of sp³-hybridized carbons (Fsp3) is 0.353. The topological polar surface area (TPSA) is 87.6 Å². The van der Waals surface area contributed by atoms with Crippen LogP contribution in [0, 0.1) is 5.92 Å². The minimum atomic E-state index is -0.107. The summed E-state index contributed by atoms with van der Waals surface area (Å²) in [6.07, 6.45) is 3.06. The number of carbonyl (C=O) groups is 1. The number of amides is 1. The Morgan fingerprint density at radius 1 is 1.36 bits per heavy atom. The molecule has 1 aromatic heterocycles. The van der Waals surface area contributed by atoms with E-state index in [4.69, 9.17) is 4.74 Å². The number of hydrogen-bond donors (Lipinski definition) is 2. The molecule has 1 aromatic carbocycles. The molecule has 2 aromatic rings. The Morgan fingerprint density at radius 3 is 2.80 bits per heavy atom. The van der Waals surface area contributed by atoms with Crippen molar-refractivity contribution in [3.05, 3.63) is 34.9 Å². The third-order valence-corrected chi connectivity index (χ3v) is 4.69. The van der Waals surface area contributed by atoms with Crippen LogP contribution in [0.2, 0.25) is 0 Å². The maximum Gasteiger partial charge on any atom is 0.228 e. The first kappa shape index (κ1) is 17.5. The van der Waals surface area contributed by atoms with Crippen LogP contribution in [0.1, 0.15) is 12.8 Å². The van der Waals surface area contributed by atoms with Crippen LogP contribution >= 0.6 is 15.9 Å². The van der Waals surface area contributed by atoms with Crippen molar-refractivity contribution in [3.8, 4) is 11.6 Å². The second-order valence-electron chi connectivity index (χ2n) is 5.81. The number of ether oxygens (including phenoxy) is 1. The molecule has 0 spiro atoms. The zero-order valence-corrected chi connectivity index (χ0v) is 15.4. The number of nitrogens with zero attached hydrogens (tertiary/aromatic N) is 3. The highest BCUT2D eigenvalue weighted by Gasteiger charge is 2.26. The molecule has 0 atom stereocenters. The number of benzene rings is 1. The smallest absolute Gasteiger partial charge is 0.228 e. The zero-order chi connectivity index (χ0) is 17.8. The second kappa shape index (κ2) is 7.69. The van der Waals surface area contributed by atoms with E-state index in [2.05, 4.69) is 31.2 Å². The summed E-state index contributed by atoms with van der Waals surface area (Å²) in [4.78, 5) is 23.1. The van der Waals surface area contributed by atoms with Crippen molar-refractivity contribution in [2.24, 2.45) is 5.92 Å². The average Bonchev–Trinajstić information content (AvgIpc) is 2.64. The van der Waals surface area contributed by atoms with Gasteiger partial charge in [0.15, 0.2) is 0 Å². The number of anilines is 2. The molecule has 8 heteroatoms. The van der Waals surface area contributed by atoms with Crippen molar-refractivity contribution in [1.82, 2.24) is 9.97 Å². The van der Waals surface area contributed by atoms with Crippen LogP contribution < -0.4 is 15.0 Å². The summed E-state index contributed by atoms with van der Waals surface area (Å²) in [7, 11) is 1.57. The van der Waals surface area contributed by atoms with Crippen LogP contribution in [-0.4, -0.2) is 41.2 Å². The molecule has 1 aliphatic heterocycles. The number of hydrogen-bond acceptors (Lipinski definition) is 6. The number of rotatable bonds is 4. The highest BCUT2D eigenvalue weighted by Crippen LogP contribution is 2.29. The molecule has 0 aliphatic carbocycles. The molecule has 132 valence electrons. The van der Waals surface area contributed by atoms with E-state index >= 15 is 0 Å². The number of aromatic hydroxyl groups is 1. The Labute approximate surface area is 154 Å². The third-order valence-electron chi connectivity index (χ3n) is 4.19. The average molecular weight is 407 g/mol. The van der Waals surface area contributed by atoms with Gasteiger partial charge in [-0.2, -0.15) is 4.98 Å². The lowest BCUT2D eigenvalue weighted by Gasteiger charge is -2.31. The summed E-state index contributed by atoms with van der Waals surface area (Å²) in [5.41, 5.74) is 0.423. The lowest BCUT2D eigenvalue weighted by molar-refractivity contribution is -0.120. The largest absolute Gasteiger partial charge is 0.506 e. The molecule has 2 heterocycles. The molecule has 2 N–H and O–H groups in total. The Kier molecular flexibility index (Phi) is 5.37. The molecule has 0 bridgehead atoms. The van der Waals surface area contributed by atoms with E-state index in [-0.39, 0.29) is 17.6 Å². The van der Waals surface area contributed by atoms with Crippen LogP contribution in [0.4, 0.5) is 11.6 Å². The van der Waals surface area contributed by atoms with Crippen LogP contribution in [-0.2, 0) is 4.79 Å². The van der Waals surface area contributed by atoms with Gasteiger partial charge in [0.2, 0.25) is 17.7 Å². The van der Waals surface area contributed by atoms with Gasteiger partial charge in [0.05, 0.1) is 12.8 Å². The van der Waals surface area contributed by atoms with E-state index < -0.39 is 0 Å². The lowest BCUT2D eigenvalue weighted by atomic mass is 9.96. The Morgan fingerprint density at radius 2 is 2.12 bits per heavy atom. The van der Waals surface area contributed by atoms with Gasteiger partial charge >= 0.3 is 0 Å². The molecule has 0 radical (unpaired) electrons. The van der Waals surface area contributed by atoms with E-state index in [1.807, 2.05) is 4.90 Å². The lowest BCUT2D eigenvalue weighted by Crippen LogP contribution is -2.39. The van der Waals surface area contributed by atoms with E-state index in [0.29, 0.717) is 43.4 Å². The fourth-order valence-electron chi connectivity index (χ4n) is 2.79. The minimum absolute atomic E-state index is 0.0462. The van der Waals surface area contributed by atoms with Crippen molar-refractivity contribution >= 4 is 33.5 Å². The van der Waals surface area contributed by atoms with Gasteiger partial charge in [-0.15, -0.1) is 0 Å². The molecular formula is C17H19BrN4O3. The SMILES string of the molecule is COc1ccnc(N2CCC(C(=O)Nc3ccc(Br)cc3O)CC2)n1. The number of phenols is 1. The second-order valence-corrected chi connectivity index (χ2v) is 6.73. The molecule has 25 heavy (non-hydrogen) atoms. The fourth-order valence-corrected chi connectivity index (χ4v) is 3.13. The molecule has 1 saturated heterocycles. The van der Waals surface area contributed by atoms with E-state index in [1.54, 1.807) is 37.6 Å². The van der Waals surface area contributed by atoms with Gasteiger partial charge in [0.1, 0.15) is 5.75 Å². The maximum atomic E-state index is 12.4. The van der Waals surface area contributed by atoms with Crippen molar-refractivity contribution < 1.29 is 14.6 Å². The highest BCUT2D eigenvalue weighted by atomic mass is 79.9. The number of aromatic nitrogens is 2. The van der Waals surface area contributed by atoms with Crippen LogP contribution in [0.25, 0.3) is 0 Å². The van der Waals surface area contributed by atoms with Crippen LogP contribution in [0.15, 0.2) is 34.9 Å². The van der Waals surface area contributed by atoms with Crippen molar-refractivity contribution in [1.29, 1.82) is 0 Å². The standard InChI is InChI=1S/C17H19BrN4O3/c1-25-15-4-7-19-17(21-15)22-8-5-11(6-9-22)16(24)20-13-3-2-12(18)10-14(13)23/h2-4,7,10-11,23H,5-6,8-9H2,1H3,(H,20,24). The number of nitrogens with one attached hydrogen (secondary N) is 1. The Balaban J connectivity index is 1.58. The van der Waals surface area contributed by atoms with Gasteiger partial charge in [0.25, 0.3) is 0 Å². The predicted octanol–water partition coefficient (Wildman–Crippen LogP) is 2.81. The van der Waals surface area contributed by atoms with Crippen molar-refractivity contribution in [3.63, 3.8) is 0 Å². The summed E-state index contributed by atoms with van der Waals surface area (Å²) in [6, 6.07) is 6.71. The summed E-state index contributed by atoms with van der Waals surface area (Å²) in [5, 5.41) is 12.7. The molecule has 1 aliphatic rings. The maximum absolute atomic E-state index is 12.4. The Hall–Kier alpha value is -2.35. The first-order valence-electron chi connectivity index (χ1n) is 7.98. The van der Waals surface area contributed by atoms with Gasteiger partial charge < -0.3 is 20.1 Å². The first-order valence-corrected chi connectivity index (χ1v) is 8.77. The molecule has 3 rings (SSSR count). The number of halogens is 1. The van der Waals surface area contributed by atoms with Gasteiger partial charge in [-0.25, -0.2) is 4.98 Å². The molecule has 0 unspecified atom stereocenters. The van der Waals surface area contributed by atoms with Crippen LogP contribution in [0.3, 0.4) is 0 Å². The molecule has 0 saturated carbocycles. The monoisotopic (exact) mass is 406 g/mol. The van der Waals surface area contributed by atoms with E-state index in [9.17, 15) is 9.90 Å². The van der Waals surface area contributed by atoms with Gasteiger partial charge in [-0.05, 0) is 31.0 Å². The molecule has 1 amide bonds. The highest BCUT2D eigenvalue weighted by molar-refractivity contribution is 9.10. The quantitative estimate of drug-likeness (QED) is 0.758. The predicted molar refractivity (Wildman–Crippen MR) is 98.0 cm³/mol. The summed E-state index contributed by atoms with van der Waals surface area (Å²) in [5.74, 6) is 0.998. The van der Waals surface area contributed by atoms with Gasteiger partial charge in [-0.1, -0.05) is 15.9 Å². The number of phenolic OH excluding ortho intramolecular Hbond substituents is 1. The van der Waals surface area contributed by atoms with Gasteiger partial charge in [-0.3, -0.25) is 4.79 Å². The molecule has 1 fully saturated rings. The number of carbonyl (C=O) groups excluding carboxylic acids is 1. The minimum Gasteiger partial charge on any atom is -0.506 e. The van der Waals surface area contributed by atoms with Crippen molar-refractivity contribution in [2.45, 2.75) is 12.8 Å².